The zero-order chi connectivity index (χ0) is 15.5. The number of rotatable bonds is 6. The van der Waals surface area contributed by atoms with Gasteiger partial charge in [0.15, 0.2) is 0 Å². The quantitative estimate of drug-likeness (QED) is 0.814. The molecule has 21 heavy (non-hydrogen) atoms. The van der Waals surface area contributed by atoms with Crippen LogP contribution in [0.25, 0.3) is 0 Å². The molecule has 2 rings (SSSR count). The summed E-state index contributed by atoms with van der Waals surface area (Å²) >= 11 is 5.67. The summed E-state index contributed by atoms with van der Waals surface area (Å²) in [4.78, 5) is 0.255. The molecule has 1 fully saturated rings. The van der Waals surface area contributed by atoms with Crippen molar-refractivity contribution < 1.29 is 13.5 Å². The molecule has 6 heteroatoms. The highest BCUT2D eigenvalue weighted by atomic mass is 35.5. The predicted octanol–water partition coefficient (Wildman–Crippen LogP) is 2.39. The number of hydrogen-bond acceptors (Lipinski definition) is 3. The van der Waals surface area contributed by atoms with Gasteiger partial charge in [0, 0.05) is 19.5 Å². The van der Waals surface area contributed by atoms with Crippen LogP contribution in [0, 0.1) is 0 Å². The Kier molecular flexibility index (Phi) is 5.30. The van der Waals surface area contributed by atoms with E-state index >= 15 is 0 Å². The van der Waals surface area contributed by atoms with Gasteiger partial charge >= 0.3 is 0 Å². The number of sulfonamides is 1. The van der Waals surface area contributed by atoms with Gasteiger partial charge in [-0.3, -0.25) is 0 Å². The van der Waals surface area contributed by atoms with Crippen molar-refractivity contribution in [2.75, 3.05) is 19.5 Å². The lowest BCUT2D eigenvalue weighted by Gasteiger charge is -2.28. The number of halogens is 1. The molecule has 1 aliphatic rings. The van der Waals surface area contributed by atoms with Crippen LogP contribution in [0.4, 0.5) is 0 Å². The van der Waals surface area contributed by atoms with Crippen molar-refractivity contribution in [1.29, 1.82) is 0 Å². The first-order valence-electron chi connectivity index (χ1n) is 7.21. The van der Waals surface area contributed by atoms with Gasteiger partial charge in [-0.1, -0.05) is 25.0 Å². The summed E-state index contributed by atoms with van der Waals surface area (Å²) in [5.41, 5.74) is 0.140. The lowest BCUT2D eigenvalue weighted by atomic mass is 10.0. The van der Waals surface area contributed by atoms with E-state index in [0.717, 1.165) is 24.8 Å². The number of benzene rings is 1. The molecule has 1 aromatic rings. The Labute approximate surface area is 131 Å². The van der Waals surface area contributed by atoms with Gasteiger partial charge in [-0.2, -0.15) is 4.31 Å². The molecule has 1 N–H and O–H groups in total. The van der Waals surface area contributed by atoms with Crippen LogP contribution in [-0.2, 0) is 16.4 Å². The van der Waals surface area contributed by atoms with E-state index in [1.165, 1.54) is 11.4 Å². The number of hydrogen-bond donors (Lipinski definition) is 1. The van der Waals surface area contributed by atoms with Crippen LogP contribution < -0.4 is 0 Å². The second-order valence-corrected chi connectivity index (χ2v) is 8.20. The summed E-state index contributed by atoms with van der Waals surface area (Å²) in [5.74, 6) is 0.513. The summed E-state index contributed by atoms with van der Waals surface area (Å²) < 4.78 is 26.3. The van der Waals surface area contributed by atoms with Gasteiger partial charge in [-0.15, -0.1) is 11.6 Å². The second kappa shape index (κ2) is 6.65. The maximum atomic E-state index is 12.5. The number of aliphatic hydroxyl groups is 1. The van der Waals surface area contributed by atoms with Crippen molar-refractivity contribution in [3.63, 3.8) is 0 Å². The predicted molar refractivity (Wildman–Crippen MR) is 84.1 cm³/mol. The van der Waals surface area contributed by atoms with Gasteiger partial charge in [-0.25, -0.2) is 8.42 Å². The van der Waals surface area contributed by atoms with Gasteiger partial charge in [0.25, 0.3) is 0 Å². The van der Waals surface area contributed by atoms with E-state index in [4.69, 9.17) is 11.6 Å². The summed E-state index contributed by atoms with van der Waals surface area (Å²) in [6.45, 7) is 0.152. The number of likely N-dealkylation sites (N-methyl/N-ethyl adjacent to an activating group) is 1. The van der Waals surface area contributed by atoms with E-state index < -0.39 is 15.6 Å². The topological polar surface area (TPSA) is 57.6 Å². The van der Waals surface area contributed by atoms with Crippen molar-refractivity contribution in [3.05, 3.63) is 29.8 Å². The first kappa shape index (κ1) is 16.7. The van der Waals surface area contributed by atoms with E-state index in [9.17, 15) is 13.5 Å². The van der Waals surface area contributed by atoms with Crippen molar-refractivity contribution in [3.8, 4) is 0 Å². The molecule has 0 saturated heterocycles. The molecule has 0 atom stereocenters. The maximum absolute atomic E-state index is 12.5. The van der Waals surface area contributed by atoms with E-state index in [1.807, 2.05) is 0 Å². The Bertz CT molecular complexity index is 565. The molecular formula is C15H22ClNO3S. The SMILES string of the molecule is CN(CC1(O)CCCC1)S(=O)(=O)c1ccc(CCCl)cc1. The molecule has 1 aliphatic carbocycles. The highest BCUT2D eigenvalue weighted by molar-refractivity contribution is 7.89. The van der Waals surface area contributed by atoms with Crippen molar-refractivity contribution in [1.82, 2.24) is 4.31 Å². The third-order valence-electron chi connectivity index (χ3n) is 4.07. The fourth-order valence-electron chi connectivity index (χ4n) is 2.81. The minimum atomic E-state index is -3.56. The second-order valence-electron chi connectivity index (χ2n) is 5.78. The molecule has 0 aliphatic heterocycles. The third-order valence-corrected chi connectivity index (χ3v) is 6.07. The summed E-state index contributed by atoms with van der Waals surface area (Å²) in [6.07, 6.45) is 3.97. The highest BCUT2D eigenvalue weighted by Crippen LogP contribution is 2.31. The maximum Gasteiger partial charge on any atom is 0.242 e. The minimum absolute atomic E-state index is 0.152. The monoisotopic (exact) mass is 331 g/mol. The largest absolute Gasteiger partial charge is 0.389 e. The number of aryl methyl sites for hydroxylation is 1. The van der Waals surface area contributed by atoms with Crippen LogP contribution in [0.3, 0.4) is 0 Å². The van der Waals surface area contributed by atoms with Crippen LogP contribution in [0.2, 0.25) is 0 Å². The Morgan fingerprint density at radius 2 is 1.81 bits per heavy atom. The van der Waals surface area contributed by atoms with Gasteiger partial charge in [0.05, 0.1) is 10.5 Å². The standard InChI is InChI=1S/C15H22ClNO3S/c1-17(12-15(18)9-2-3-10-15)21(19,20)14-6-4-13(5-7-14)8-11-16/h4-7,18H,2-3,8-12H2,1H3. The number of alkyl halides is 1. The lowest BCUT2D eigenvalue weighted by Crippen LogP contribution is -2.41. The highest BCUT2D eigenvalue weighted by Gasteiger charge is 2.35. The molecule has 0 amide bonds. The molecule has 118 valence electrons. The number of nitrogens with zero attached hydrogens (tertiary/aromatic N) is 1. The molecule has 0 heterocycles. The summed E-state index contributed by atoms with van der Waals surface area (Å²) in [7, 11) is -2.03. The van der Waals surface area contributed by atoms with E-state index in [-0.39, 0.29) is 11.4 Å². The Hall–Kier alpha value is -0.620. The van der Waals surface area contributed by atoms with Crippen molar-refractivity contribution >= 4 is 21.6 Å². The van der Waals surface area contributed by atoms with Gasteiger partial charge in [-0.05, 0) is 37.0 Å². The third kappa shape index (κ3) is 3.97. The Morgan fingerprint density at radius 3 is 2.33 bits per heavy atom. The van der Waals surface area contributed by atoms with E-state index in [1.54, 1.807) is 24.3 Å². The summed E-state index contributed by atoms with van der Waals surface area (Å²) in [5, 5.41) is 10.4. The Morgan fingerprint density at radius 1 is 1.24 bits per heavy atom. The molecule has 1 aromatic carbocycles. The van der Waals surface area contributed by atoms with Gasteiger partial charge < -0.3 is 5.11 Å². The van der Waals surface area contributed by atoms with Crippen molar-refractivity contribution in [2.24, 2.45) is 0 Å². The van der Waals surface area contributed by atoms with Crippen LogP contribution in [0.5, 0.6) is 0 Å². The average molecular weight is 332 g/mol. The van der Waals surface area contributed by atoms with Gasteiger partial charge in [0.1, 0.15) is 0 Å². The normalized spacial score (nSPS) is 18.3. The van der Waals surface area contributed by atoms with E-state index in [0.29, 0.717) is 18.7 Å². The zero-order valence-corrected chi connectivity index (χ0v) is 13.8. The molecule has 1 saturated carbocycles. The smallest absolute Gasteiger partial charge is 0.242 e. The molecule has 0 aromatic heterocycles. The fraction of sp³-hybridized carbons (Fsp3) is 0.600. The van der Waals surface area contributed by atoms with Gasteiger partial charge in [0.2, 0.25) is 10.0 Å². The summed E-state index contributed by atoms with van der Waals surface area (Å²) in [6, 6.07) is 6.78. The molecular weight excluding hydrogens is 310 g/mol. The van der Waals surface area contributed by atoms with Crippen LogP contribution in [0.1, 0.15) is 31.2 Å². The van der Waals surface area contributed by atoms with Crippen LogP contribution in [0.15, 0.2) is 29.2 Å². The Balaban J connectivity index is 2.12. The molecule has 0 spiro atoms. The first-order chi connectivity index (χ1) is 9.87. The molecule has 0 bridgehead atoms. The molecule has 0 unspecified atom stereocenters. The molecule has 0 radical (unpaired) electrons. The van der Waals surface area contributed by atoms with Crippen molar-refractivity contribution in [2.45, 2.75) is 42.6 Å². The average Bonchev–Trinajstić information content (AvgIpc) is 2.86. The lowest BCUT2D eigenvalue weighted by molar-refractivity contribution is 0.0333. The van der Waals surface area contributed by atoms with Crippen LogP contribution in [-0.4, -0.2) is 42.9 Å². The first-order valence-corrected chi connectivity index (χ1v) is 9.18. The van der Waals surface area contributed by atoms with Crippen LogP contribution >= 0.6 is 11.6 Å². The molecule has 4 nitrogen and oxygen atoms in total. The zero-order valence-electron chi connectivity index (χ0n) is 12.3. The fourth-order valence-corrected chi connectivity index (χ4v) is 4.28. The van der Waals surface area contributed by atoms with E-state index in [2.05, 4.69) is 0 Å². The minimum Gasteiger partial charge on any atom is -0.389 e.